The summed E-state index contributed by atoms with van der Waals surface area (Å²) >= 11 is 0. The van der Waals surface area contributed by atoms with Gasteiger partial charge in [-0.1, -0.05) is 85.8 Å². The van der Waals surface area contributed by atoms with Crippen molar-refractivity contribution in [2.24, 2.45) is 0 Å². The first-order valence-corrected chi connectivity index (χ1v) is 15.0. The summed E-state index contributed by atoms with van der Waals surface area (Å²) in [6.07, 6.45) is 3.91. The fourth-order valence-corrected chi connectivity index (χ4v) is 5.54. The van der Waals surface area contributed by atoms with Gasteiger partial charge in [-0.25, -0.2) is 13.1 Å². The van der Waals surface area contributed by atoms with E-state index in [2.05, 4.69) is 15.0 Å². The van der Waals surface area contributed by atoms with Crippen LogP contribution in [0, 0.1) is 0 Å². The van der Waals surface area contributed by atoms with Crippen LogP contribution >= 0.6 is 0 Å². The van der Waals surface area contributed by atoms with Crippen molar-refractivity contribution < 1.29 is 18.0 Å². The summed E-state index contributed by atoms with van der Waals surface area (Å²) in [6, 6.07) is 28.2. The van der Waals surface area contributed by atoms with E-state index in [-0.39, 0.29) is 36.2 Å². The molecular weight excluding hydrogens is 536 g/mol. The maximum absolute atomic E-state index is 13.9. The van der Waals surface area contributed by atoms with E-state index in [9.17, 15) is 18.0 Å². The lowest BCUT2D eigenvalue weighted by atomic mass is 10.0. The summed E-state index contributed by atoms with van der Waals surface area (Å²) in [5, 5.41) is 2.99. The molecule has 0 saturated carbocycles. The van der Waals surface area contributed by atoms with Crippen LogP contribution in [0.2, 0.25) is 0 Å². The largest absolute Gasteiger partial charge is 0.350 e. The summed E-state index contributed by atoms with van der Waals surface area (Å²) < 4.78 is 27.0. The zero-order chi connectivity index (χ0) is 29.1. The van der Waals surface area contributed by atoms with E-state index in [1.807, 2.05) is 72.8 Å². The minimum absolute atomic E-state index is 0.144. The van der Waals surface area contributed by atoms with Crippen molar-refractivity contribution in [3.8, 4) is 0 Å². The molecule has 2 amide bonds. The Kier molecular flexibility index (Phi) is 10.4. The minimum Gasteiger partial charge on any atom is -0.350 e. The molecule has 4 rings (SSSR count). The molecule has 0 aliphatic carbocycles. The first-order valence-electron chi connectivity index (χ1n) is 13.5. The van der Waals surface area contributed by atoms with Gasteiger partial charge in [-0.15, -0.1) is 0 Å². The maximum Gasteiger partial charge on any atom is 0.247 e. The predicted molar refractivity (Wildman–Crippen MR) is 158 cm³/mol. The fourth-order valence-electron chi connectivity index (χ4n) is 4.50. The molecule has 0 spiro atoms. The second kappa shape index (κ2) is 14.3. The van der Waals surface area contributed by atoms with Gasteiger partial charge in [0, 0.05) is 38.4 Å². The van der Waals surface area contributed by atoms with Gasteiger partial charge in [0.1, 0.15) is 6.04 Å². The number of benzene rings is 3. The molecule has 4 aromatic rings. The summed E-state index contributed by atoms with van der Waals surface area (Å²) in [6.45, 7) is 2.56. The number of aryl methyl sites for hydroxylation is 1. The lowest BCUT2D eigenvalue weighted by molar-refractivity contribution is -0.141. The molecule has 0 aliphatic rings. The van der Waals surface area contributed by atoms with E-state index in [1.54, 1.807) is 36.4 Å². The van der Waals surface area contributed by atoms with Crippen LogP contribution in [-0.2, 0) is 39.1 Å². The van der Waals surface area contributed by atoms with Crippen molar-refractivity contribution in [3.05, 3.63) is 132 Å². The normalized spacial score (nSPS) is 11.9. The SMILES string of the molecule is CCNS(=O)(=O)c1ccc(CCC(=O)N(Cc2ccccc2)[C@@H](C(=O)NCc2cccnc2)c2ccccc2)cc1. The number of aromatic nitrogens is 1. The smallest absolute Gasteiger partial charge is 0.247 e. The van der Waals surface area contributed by atoms with Gasteiger partial charge in [0.05, 0.1) is 4.90 Å². The maximum atomic E-state index is 13.9. The van der Waals surface area contributed by atoms with Crippen LogP contribution in [0.3, 0.4) is 0 Å². The molecule has 0 saturated heterocycles. The molecule has 1 atom stereocenters. The van der Waals surface area contributed by atoms with Crippen LogP contribution in [0.4, 0.5) is 0 Å². The molecule has 1 heterocycles. The van der Waals surface area contributed by atoms with Crippen molar-refractivity contribution in [2.75, 3.05) is 6.54 Å². The van der Waals surface area contributed by atoms with Crippen LogP contribution in [0.25, 0.3) is 0 Å². The molecule has 0 aliphatic heterocycles. The average Bonchev–Trinajstić information content (AvgIpc) is 3.00. The Morgan fingerprint density at radius 3 is 2.12 bits per heavy atom. The number of hydrogen-bond acceptors (Lipinski definition) is 5. The third-order valence-corrected chi connectivity index (χ3v) is 8.14. The summed E-state index contributed by atoms with van der Waals surface area (Å²) in [4.78, 5) is 33.5. The zero-order valence-corrected chi connectivity index (χ0v) is 23.8. The topological polar surface area (TPSA) is 108 Å². The fraction of sp³-hybridized carbons (Fsp3) is 0.219. The molecule has 212 valence electrons. The minimum atomic E-state index is -3.56. The Balaban J connectivity index is 1.58. The second-order valence-electron chi connectivity index (χ2n) is 9.54. The highest BCUT2D eigenvalue weighted by atomic mass is 32.2. The number of carbonyl (C=O) groups is 2. The van der Waals surface area contributed by atoms with Crippen molar-refractivity contribution in [3.63, 3.8) is 0 Å². The van der Waals surface area contributed by atoms with Gasteiger partial charge in [-0.3, -0.25) is 14.6 Å². The Bertz CT molecular complexity index is 1510. The monoisotopic (exact) mass is 570 g/mol. The third kappa shape index (κ3) is 8.33. The second-order valence-corrected chi connectivity index (χ2v) is 11.3. The number of hydrogen-bond donors (Lipinski definition) is 2. The highest BCUT2D eigenvalue weighted by Gasteiger charge is 2.31. The van der Waals surface area contributed by atoms with E-state index in [0.29, 0.717) is 18.5 Å². The lowest BCUT2D eigenvalue weighted by Gasteiger charge is -2.32. The third-order valence-electron chi connectivity index (χ3n) is 6.58. The van der Waals surface area contributed by atoms with E-state index in [4.69, 9.17) is 0 Å². The number of pyridine rings is 1. The van der Waals surface area contributed by atoms with Crippen molar-refractivity contribution in [1.82, 2.24) is 19.9 Å². The first-order chi connectivity index (χ1) is 19.9. The van der Waals surface area contributed by atoms with E-state index < -0.39 is 16.1 Å². The van der Waals surface area contributed by atoms with Crippen molar-refractivity contribution >= 4 is 21.8 Å². The van der Waals surface area contributed by atoms with Crippen LogP contribution in [0.5, 0.6) is 0 Å². The summed E-state index contributed by atoms with van der Waals surface area (Å²) in [5.74, 6) is -0.481. The van der Waals surface area contributed by atoms with Gasteiger partial charge in [0.25, 0.3) is 0 Å². The molecule has 0 fully saturated rings. The molecule has 8 nitrogen and oxygen atoms in total. The molecule has 0 bridgehead atoms. The molecule has 0 unspecified atom stereocenters. The predicted octanol–water partition coefficient (Wildman–Crippen LogP) is 4.40. The van der Waals surface area contributed by atoms with Crippen LogP contribution in [0.1, 0.15) is 41.6 Å². The standard InChI is InChI=1S/C32H34N4O4S/c1-2-35-41(39,40)29-18-15-25(16-19-29)17-20-30(37)36(24-26-10-5-3-6-11-26)31(28-13-7-4-8-14-28)32(38)34-23-27-12-9-21-33-22-27/h3-16,18-19,21-22,31,35H,2,17,20,23-24H2,1H3,(H,34,38)/t31-/m1/s1. The zero-order valence-electron chi connectivity index (χ0n) is 22.9. The Labute approximate surface area is 241 Å². The Hall–Kier alpha value is -4.34. The molecule has 9 heteroatoms. The molecule has 1 aromatic heterocycles. The molecule has 2 N–H and O–H groups in total. The Morgan fingerprint density at radius 1 is 0.829 bits per heavy atom. The Morgan fingerprint density at radius 2 is 1.49 bits per heavy atom. The number of amides is 2. The van der Waals surface area contributed by atoms with Crippen LogP contribution < -0.4 is 10.0 Å². The van der Waals surface area contributed by atoms with Gasteiger partial charge in [0.15, 0.2) is 0 Å². The number of carbonyl (C=O) groups excluding carboxylic acids is 2. The number of sulfonamides is 1. The van der Waals surface area contributed by atoms with E-state index >= 15 is 0 Å². The summed E-state index contributed by atoms with van der Waals surface area (Å²) in [5.41, 5.74) is 3.29. The molecular formula is C32H34N4O4S. The molecule has 0 radical (unpaired) electrons. The quantitative estimate of drug-likeness (QED) is 0.248. The molecule has 41 heavy (non-hydrogen) atoms. The van der Waals surface area contributed by atoms with E-state index in [1.165, 1.54) is 12.1 Å². The highest BCUT2D eigenvalue weighted by molar-refractivity contribution is 7.89. The van der Waals surface area contributed by atoms with Gasteiger partial charge >= 0.3 is 0 Å². The summed E-state index contributed by atoms with van der Waals surface area (Å²) in [7, 11) is -3.56. The average molecular weight is 571 g/mol. The number of rotatable bonds is 13. The highest BCUT2D eigenvalue weighted by Crippen LogP contribution is 2.25. The number of nitrogens with zero attached hydrogens (tertiary/aromatic N) is 2. The van der Waals surface area contributed by atoms with E-state index in [0.717, 1.165) is 16.7 Å². The van der Waals surface area contributed by atoms with Crippen molar-refractivity contribution in [2.45, 2.75) is 43.8 Å². The first kappa shape index (κ1) is 29.6. The number of nitrogens with one attached hydrogen (secondary N) is 2. The molecule has 3 aromatic carbocycles. The van der Waals surface area contributed by atoms with Gasteiger partial charge in [-0.05, 0) is 46.9 Å². The van der Waals surface area contributed by atoms with Crippen molar-refractivity contribution in [1.29, 1.82) is 0 Å². The van der Waals surface area contributed by atoms with Crippen LogP contribution in [-0.4, -0.2) is 36.7 Å². The lowest BCUT2D eigenvalue weighted by Crippen LogP contribution is -2.43. The van der Waals surface area contributed by atoms with Gasteiger partial charge in [-0.2, -0.15) is 0 Å². The van der Waals surface area contributed by atoms with Gasteiger partial charge < -0.3 is 10.2 Å². The van der Waals surface area contributed by atoms with Gasteiger partial charge in [0.2, 0.25) is 21.8 Å². The van der Waals surface area contributed by atoms with Crippen LogP contribution in [0.15, 0.2) is 114 Å².